The number of rotatable bonds is 6. The number of nitrogens with one attached hydrogen (secondary N) is 1. The lowest BCUT2D eigenvalue weighted by molar-refractivity contribution is -0.119. The van der Waals surface area contributed by atoms with E-state index in [4.69, 9.17) is 11.5 Å². The van der Waals surface area contributed by atoms with Gasteiger partial charge in [0.15, 0.2) is 0 Å². The Bertz CT molecular complexity index is 187. The average Bonchev–Trinajstić information content (AvgIpc) is 2.96. The molecule has 1 atom stereocenters. The topological polar surface area (TPSA) is 108 Å². The first-order valence-electron chi connectivity index (χ1n) is 5.36. The fourth-order valence-electron chi connectivity index (χ4n) is 0.970. The van der Waals surface area contributed by atoms with Gasteiger partial charge in [-0.1, -0.05) is 6.92 Å². The van der Waals surface area contributed by atoms with Crippen LogP contribution in [0.2, 0.25) is 0 Å². The molecule has 88 valence electrons. The fourth-order valence-corrected chi connectivity index (χ4v) is 0.970. The van der Waals surface area contributed by atoms with Crippen LogP contribution in [-0.2, 0) is 9.59 Å². The molecule has 0 aliphatic carbocycles. The van der Waals surface area contributed by atoms with Gasteiger partial charge in [-0.3, -0.25) is 9.59 Å². The number of carbonyl (C=O) groups excluding carboxylic acids is 2. The predicted molar refractivity (Wildman–Crippen MR) is 58.9 cm³/mol. The Morgan fingerprint density at radius 2 is 1.60 bits per heavy atom. The van der Waals surface area contributed by atoms with Crippen molar-refractivity contribution in [1.82, 2.24) is 5.32 Å². The summed E-state index contributed by atoms with van der Waals surface area (Å²) < 4.78 is 0. The zero-order valence-corrected chi connectivity index (χ0v) is 9.29. The van der Waals surface area contributed by atoms with E-state index in [2.05, 4.69) is 12.2 Å². The minimum atomic E-state index is -0.329. The van der Waals surface area contributed by atoms with Crippen molar-refractivity contribution in [3.63, 3.8) is 0 Å². The first kappa shape index (κ1) is 13.9. The molecule has 1 aliphatic heterocycles. The normalized spacial score (nSPS) is 17.5. The number of amides is 2. The summed E-state index contributed by atoms with van der Waals surface area (Å²) in [5.74, 6) is -0.658. The Morgan fingerprint density at radius 3 is 1.73 bits per heavy atom. The molecule has 5 N–H and O–H groups in total. The van der Waals surface area contributed by atoms with E-state index in [1.165, 1.54) is 13.0 Å². The van der Waals surface area contributed by atoms with Crippen molar-refractivity contribution in [2.75, 3.05) is 6.54 Å². The monoisotopic (exact) mass is 215 g/mol. The molecule has 0 aromatic carbocycles. The van der Waals surface area contributed by atoms with Crippen molar-refractivity contribution < 1.29 is 9.59 Å². The molecule has 15 heavy (non-hydrogen) atoms. The van der Waals surface area contributed by atoms with Gasteiger partial charge in [0.1, 0.15) is 0 Å². The zero-order chi connectivity index (χ0) is 11.7. The Balaban J connectivity index is 0.000000322. The molecule has 1 saturated heterocycles. The summed E-state index contributed by atoms with van der Waals surface area (Å²) in [4.78, 5) is 20.3. The van der Waals surface area contributed by atoms with Crippen molar-refractivity contribution in [3.05, 3.63) is 0 Å². The molecule has 5 nitrogen and oxygen atoms in total. The number of carbonyl (C=O) groups is 2. The zero-order valence-electron chi connectivity index (χ0n) is 9.29. The van der Waals surface area contributed by atoms with Crippen LogP contribution in [0.15, 0.2) is 0 Å². The third kappa shape index (κ3) is 12.9. The number of unbranched alkanes of at least 4 members (excludes halogenated alkanes) is 1. The molecule has 0 saturated carbocycles. The highest BCUT2D eigenvalue weighted by Gasteiger charge is 2.15. The van der Waals surface area contributed by atoms with Crippen LogP contribution < -0.4 is 16.8 Å². The lowest BCUT2D eigenvalue weighted by Crippen LogP contribution is -2.12. The van der Waals surface area contributed by atoms with E-state index < -0.39 is 0 Å². The second-order valence-corrected chi connectivity index (χ2v) is 3.65. The first-order chi connectivity index (χ1) is 7.06. The molecule has 1 unspecified atom stereocenters. The maximum atomic E-state index is 10.2. The lowest BCUT2D eigenvalue weighted by atomic mass is 10.2. The molecule has 0 aromatic heterocycles. The molecule has 1 rings (SSSR count). The Kier molecular flexibility index (Phi) is 7.62. The van der Waals surface area contributed by atoms with Gasteiger partial charge in [-0.05, 0) is 19.3 Å². The first-order valence-corrected chi connectivity index (χ1v) is 5.36. The third-order valence-electron chi connectivity index (χ3n) is 2.08. The van der Waals surface area contributed by atoms with Crippen LogP contribution in [0.4, 0.5) is 0 Å². The summed E-state index contributed by atoms with van der Waals surface area (Å²) in [6.07, 6.45) is 3.29. The second-order valence-electron chi connectivity index (χ2n) is 3.65. The number of hydrogen-bond acceptors (Lipinski definition) is 3. The van der Waals surface area contributed by atoms with Crippen molar-refractivity contribution in [3.8, 4) is 0 Å². The molecule has 5 heteroatoms. The number of nitrogens with two attached hydrogens (primary N) is 2. The highest BCUT2D eigenvalue weighted by molar-refractivity contribution is 5.74. The van der Waals surface area contributed by atoms with E-state index in [0.717, 1.165) is 6.04 Å². The Hall–Kier alpha value is -1.10. The summed E-state index contributed by atoms with van der Waals surface area (Å²) in [6, 6.07) is 0.884. The van der Waals surface area contributed by atoms with E-state index >= 15 is 0 Å². The molecule has 0 aromatic rings. The van der Waals surface area contributed by atoms with E-state index in [0.29, 0.717) is 25.7 Å². The van der Waals surface area contributed by atoms with Gasteiger partial charge in [0, 0.05) is 25.4 Å². The van der Waals surface area contributed by atoms with E-state index in [1.807, 2.05) is 0 Å². The summed E-state index contributed by atoms with van der Waals surface area (Å²) >= 11 is 0. The summed E-state index contributed by atoms with van der Waals surface area (Å²) in [6.45, 7) is 3.46. The van der Waals surface area contributed by atoms with Gasteiger partial charge in [-0.15, -0.1) is 0 Å². The van der Waals surface area contributed by atoms with Crippen LogP contribution in [0, 0.1) is 0 Å². The molecule has 0 spiro atoms. The van der Waals surface area contributed by atoms with Gasteiger partial charge >= 0.3 is 0 Å². The minimum Gasteiger partial charge on any atom is -0.370 e. The van der Waals surface area contributed by atoms with Gasteiger partial charge in [0.2, 0.25) is 11.8 Å². The van der Waals surface area contributed by atoms with Gasteiger partial charge in [-0.2, -0.15) is 0 Å². The van der Waals surface area contributed by atoms with Crippen molar-refractivity contribution in [2.24, 2.45) is 11.5 Å². The molecule has 0 bridgehead atoms. The average molecular weight is 215 g/mol. The molecular weight excluding hydrogens is 194 g/mol. The third-order valence-corrected chi connectivity index (χ3v) is 2.08. The highest BCUT2D eigenvalue weighted by Crippen LogP contribution is 1.98. The van der Waals surface area contributed by atoms with Gasteiger partial charge < -0.3 is 16.8 Å². The van der Waals surface area contributed by atoms with E-state index in [9.17, 15) is 9.59 Å². The summed E-state index contributed by atoms with van der Waals surface area (Å²) in [7, 11) is 0. The maximum Gasteiger partial charge on any atom is 0.217 e. The fraction of sp³-hybridized carbons (Fsp3) is 0.800. The molecule has 2 amide bonds. The lowest BCUT2D eigenvalue weighted by Gasteiger charge is -1.93. The van der Waals surface area contributed by atoms with Crippen LogP contribution >= 0.6 is 0 Å². The molecule has 1 heterocycles. The van der Waals surface area contributed by atoms with Crippen LogP contribution in [0.3, 0.4) is 0 Å². The van der Waals surface area contributed by atoms with Crippen molar-refractivity contribution in [2.45, 2.75) is 45.1 Å². The molecule has 1 fully saturated rings. The van der Waals surface area contributed by atoms with E-state index in [-0.39, 0.29) is 11.8 Å². The van der Waals surface area contributed by atoms with Crippen molar-refractivity contribution >= 4 is 11.8 Å². The Morgan fingerprint density at radius 1 is 1.20 bits per heavy atom. The predicted octanol–water partition coefficient (Wildman–Crippen LogP) is -0.114. The van der Waals surface area contributed by atoms with E-state index in [1.54, 1.807) is 0 Å². The highest BCUT2D eigenvalue weighted by atomic mass is 16.1. The quantitative estimate of drug-likeness (QED) is 0.424. The van der Waals surface area contributed by atoms with Crippen LogP contribution in [0.25, 0.3) is 0 Å². The van der Waals surface area contributed by atoms with Gasteiger partial charge in [-0.25, -0.2) is 0 Å². The maximum absolute atomic E-state index is 10.2. The van der Waals surface area contributed by atoms with Crippen LogP contribution in [-0.4, -0.2) is 24.4 Å². The molecule has 0 radical (unpaired) electrons. The largest absolute Gasteiger partial charge is 0.370 e. The standard InChI is InChI=1S/C6H12N2O2.C4H9N/c7-5(9)3-1-2-4-6(8)10;1-2-4-3-5-4/h1-4H2,(H2,7,9)(H2,8,10);4-5H,2-3H2,1H3. The molecule has 1 aliphatic rings. The van der Waals surface area contributed by atoms with Crippen LogP contribution in [0.1, 0.15) is 39.0 Å². The molecular formula is C10H21N3O2. The SMILES string of the molecule is CCC1CN1.NC(=O)CCCCC(N)=O. The number of hydrogen-bond donors (Lipinski definition) is 3. The summed E-state index contributed by atoms with van der Waals surface area (Å²) in [5.41, 5.74) is 9.71. The van der Waals surface area contributed by atoms with Gasteiger partial charge in [0.25, 0.3) is 0 Å². The second kappa shape index (κ2) is 8.23. The number of primary amides is 2. The van der Waals surface area contributed by atoms with Crippen molar-refractivity contribution in [1.29, 1.82) is 0 Å². The Labute approximate surface area is 90.6 Å². The summed E-state index contributed by atoms with van der Waals surface area (Å²) in [5, 5.41) is 3.18. The van der Waals surface area contributed by atoms with Crippen LogP contribution in [0.5, 0.6) is 0 Å². The minimum absolute atomic E-state index is 0.329. The smallest absolute Gasteiger partial charge is 0.217 e. The van der Waals surface area contributed by atoms with Gasteiger partial charge in [0.05, 0.1) is 0 Å².